The van der Waals surface area contributed by atoms with Crippen molar-refractivity contribution in [3.05, 3.63) is 11.6 Å². The molecule has 0 amide bonds. The van der Waals surface area contributed by atoms with Crippen LogP contribution < -0.4 is 0 Å². The number of rotatable bonds is 2. The number of aldehydes is 1. The number of aliphatic hydroxyl groups is 1. The molecule has 2 fully saturated rings. The normalized spacial score (nSPS) is 46.6. The third-order valence-corrected chi connectivity index (χ3v) is 6.13. The number of fused-ring (bicyclic) bond motifs is 1. The van der Waals surface area contributed by atoms with Gasteiger partial charge in [-0.15, -0.1) is 0 Å². The van der Waals surface area contributed by atoms with Gasteiger partial charge in [0.15, 0.2) is 0 Å². The van der Waals surface area contributed by atoms with Crippen molar-refractivity contribution >= 4 is 12.3 Å². The molecule has 1 spiro atoms. The number of hydrogen-bond acceptors (Lipinski definition) is 3. The van der Waals surface area contributed by atoms with E-state index in [4.69, 9.17) is 0 Å². The zero-order valence-electron chi connectivity index (χ0n) is 11.3. The molecular weight excluding hydrogens is 244 g/mol. The minimum atomic E-state index is -0.936. The molecule has 5 atom stereocenters. The highest BCUT2D eigenvalue weighted by Crippen LogP contribution is 2.70. The summed E-state index contributed by atoms with van der Waals surface area (Å²) in [7, 11) is 0. The van der Waals surface area contributed by atoms with E-state index in [9.17, 15) is 19.8 Å². The van der Waals surface area contributed by atoms with Gasteiger partial charge >= 0.3 is 5.97 Å². The van der Waals surface area contributed by atoms with Crippen molar-refractivity contribution in [1.29, 1.82) is 0 Å². The first-order valence-electron chi connectivity index (χ1n) is 6.94. The van der Waals surface area contributed by atoms with Crippen LogP contribution in [-0.2, 0) is 9.59 Å². The molecule has 0 aromatic carbocycles. The van der Waals surface area contributed by atoms with Gasteiger partial charge in [-0.05, 0) is 42.6 Å². The van der Waals surface area contributed by atoms with Crippen molar-refractivity contribution in [2.75, 3.05) is 0 Å². The smallest absolute Gasteiger partial charge is 0.331 e. The van der Waals surface area contributed by atoms with Crippen LogP contribution in [0, 0.1) is 28.6 Å². The summed E-state index contributed by atoms with van der Waals surface area (Å²) in [6.45, 7) is 4.18. The van der Waals surface area contributed by atoms with E-state index in [0.717, 1.165) is 19.1 Å². The molecule has 0 radical (unpaired) electrons. The Morgan fingerprint density at radius 1 is 1.42 bits per heavy atom. The fraction of sp³-hybridized carbons (Fsp3) is 0.733. The van der Waals surface area contributed by atoms with Gasteiger partial charge < -0.3 is 15.0 Å². The summed E-state index contributed by atoms with van der Waals surface area (Å²) in [5.41, 5.74) is -0.254. The molecule has 19 heavy (non-hydrogen) atoms. The maximum absolute atomic E-state index is 11.4. The molecule has 104 valence electrons. The van der Waals surface area contributed by atoms with Crippen LogP contribution in [0.1, 0.15) is 33.1 Å². The summed E-state index contributed by atoms with van der Waals surface area (Å²) >= 11 is 0. The van der Waals surface area contributed by atoms with Crippen molar-refractivity contribution in [3.63, 3.8) is 0 Å². The number of aliphatic carboxylic acids is 1. The molecule has 2 saturated carbocycles. The van der Waals surface area contributed by atoms with Crippen LogP contribution >= 0.6 is 0 Å². The topological polar surface area (TPSA) is 74.6 Å². The van der Waals surface area contributed by atoms with Gasteiger partial charge in [-0.25, -0.2) is 4.79 Å². The lowest BCUT2D eigenvalue weighted by molar-refractivity contribution is -0.134. The Labute approximate surface area is 112 Å². The van der Waals surface area contributed by atoms with Crippen LogP contribution in [0.3, 0.4) is 0 Å². The molecule has 0 aliphatic heterocycles. The summed E-state index contributed by atoms with van der Waals surface area (Å²) < 4.78 is 0. The van der Waals surface area contributed by atoms with Crippen LogP contribution in [0.5, 0.6) is 0 Å². The molecule has 0 aromatic heterocycles. The molecule has 3 aliphatic carbocycles. The summed E-state index contributed by atoms with van der Waals surface area (Å²) in [4.78, 5) is 22.8. The molecule has 4 nitrogen and oxygen atoms in total. The predicted octanol–water partition coefficient (Wildman–Crippen LogP) is 1.63. The first kappa shape index (κ1) is 12.9. The molecule has 0 saturated heterocycles. The molecular formula is C15H20O4. The molecule has 0 aromatic rings. The standard InChI is InChI=1S/C15H20O4/c1-14(2)10-6-15(8(7-16)3-4-11(14)15)12(17)5-9(10)13(18)19/h5,7-8,10-12,17H,3-4,6H2,1-2H3,(H,18,19)/t8-,10+,11+,12+,15-/m0/s1. The first-order chi connectivity index (χ1) is 8.85. The highest BCUT2D eigenvalue weighted by molar-refractivity contribution is 5.88. The SMILES string of the molecule is CC1(C)[C@@H]2C[C@]3([C@H](O)C=C2C(=O)O)[C@H](C=O)CC[C@H]13. The van der Waals surface area contributed by atoms with Crippen molar-refractivity contribution in [2.45, 2.75) is 39.2 Å². The Morgan fingerprint density at radius 3 is 2.68 bits per heavy atom. The van der Waals surface area contributed by atoms with E-state index in [1.54, 1.807) is 0 Å². The van der Waals surface area contributed by atoms with E-state index in [-0.39, 0.29) is 23.2 Å². The van der Waals surface area contributed by atoms with Gasteiger partial charge in [0.25, 0.3) is 0 Å². The van der Waals surface area contributed by atoms with E-state index in [1.165, 1.54) is 6.08 Å². The number of carbonyl (C=O) groups is 2. The average molecular weight is 264 g/mol. The highest BCUT2D eigenvalue weighted by Gasteiger charge is 2.68. The molecule has 0 unspecified atom stereocenters. The summed E-state index contributed by atoms with van der Waals surface area (Å²) in [6.07, 6.45) is 4.02. The minimum Gasteiger partial charge on any atom is -0.478 e. The molecule has 2 N–H and O–H groups in total. The highest BCUT2D eigenvalue weighted by atomic mass is 16.4. The second kappa shape index (κ2) is 3.69. The van der Waals surface area contributed by atoms with Crippen molar-refractivity contribution in [2.24, 2.45) is 28.6 Å². The van der Waals surface area contributed by atoms with E-state index in [0.29, 0.717) is 12.0 Å². The van der Waals surface area contributed by atoms with Crippen LogP contribution in [0.25, 0.3) is 0 Å². The van der Waals surface area contributed by atoms with Crippen LogP contribution in [0.2, 0.25) is 0 Å². The third kappa shape index (κ3) is 1.33. The van der Waals surface area contributed by atoms with E-state index in [2.05, 4.69) is 13.8 Å². The lowest BCUT2D eigenvalue weighted by Gasteiger charge is -2.39. The number of carboxylic acids is 1. The Kier molecular flexibility index (Phi) is 2.50. The molecule has 2 bridgehead atoms. The van der Waals surface area contributed by atoms with Gasteiger partial charge in [0.05, 0.1) is 6.10 Å². The largest absolute Gasteiger partial charge is 0.478 e. The van der Waals surface area contributed by atoms with Crippen molar-refractivity contribution < 1.29 is 19.8 Å². The Morgan fingerprint density at radius 2 is 2.11 bits per heavy atom. The Balaban J connectivity index is 2.16. The van der Waals surface area contributed by atoms with Crippen LogP contribution in [0.15, 0.2) is 11.6 Å². The molecule has 3 aliphatic rings. The quantitative estimate of drug-likeness (QED) is 0.743. The summed E-state index contributed by atoms with van der Waals surface area (Å²) in [5, 5.41) is 19.9. The van der Waals surface area contributed by atoms with E-state index < -0.39 is 17.5 Å². The third-order valence-electron chi connectivity index (χ3n) is 6.13. The zero-order valence-corrected chi connectivity index (χ0v) is 11.3. The number of hydrogen-bond donors (Lipinski definition) is 2. The number of aliphatic hydroxyl groups excluding tert-OH is 1. The van der Waals surface area contributed by atoms with E-state index >= 15 is 0 Å². The average Bonchev–Trinajstić information content (AvgIpc) is 2.79. The maximum atomic E-state index is 11.4. The second-order valence-corrected chi connectivity index (χ2v) is 6.93. The van der Waals surface area contributed by atoms with Crippen LogP contribution in [-0.4, -0.2) is 28.6 Å². The summed E-state index contributed by atoms with van der Waals surface area (Å²) in [6, 6.07) is 0. The molecule has 4 heteroatoms. The lowest BCUT2D eigenvalue weighted by atomic mass is 9.66. The Bertz CT molecular complexity index is 479. The van der Waals surface area contributed by atoms with Gasteiger partial charge in [-0.1, -0.05) is 13.8 Å². The molecule has 0 heterocycles. The van der Waals surface area contributed by atoms with Crippen LogP contribution in [0.4, 0.5) is 0 Å². The Hall–Kier alpha value is -1.16. The van der Waals surface area contributed by atoms with E-state index in [1.807, 2.05) is 0 Å². The number of carbonyl (C=O) groups excluding carboxylic acids is 1. The fourth-order valence-corrected chi connectivity index (χ4v) is 5.27. The summed E-state index contributed by atoms with van der Waals surface area (Å²) in [5.74, 6) is -0.901. The van der Waals surface area contributed by atoms with Crippen molar-refractivity contribution in [1.82, 2.24) is 0 Å². The van der Waals surface area contributed by atoms with Gasteiger partial charge in [0.1, 0.15) is 6.29 Å². The first-order valence-corrected chi connectivity index (χ1v) is 6.94. The van der Waals surface area contributed by atoms with Crippen molar-refractivity contribution in [3.8, 4) is 0 Å². The number of carboxylic acid groups (broad SMARTS) is 1. The monoisotopic (exact) mass is 264 g/mol. The van der Waals surface area contributed by atoms with Gasteiger partial charge in [0, 0.05) is 16.9 Å². The predicted molar refractivity (Wildman–Crippen MR) is 68.3 cm³/mol. The van der Waals surface area contributed by atoms with Gasteiger partial charge in [-0.3, -0.25) is 0 Å². The minimum absolute atomic E-state index is 0.0545. The second-order valence-electron chi connectivity index (χ2n) is 6.93. The zero-order chi connectivity index (χ0) is 14.0. The fourth-order valence-electron chi connectivity index (χ4n) is 5.27. The van der Waals surface area contributed by atoms with Gasteiger partial charge in [-0.2, -0.15) is 0 Å². The maximum Gasteiger partial charge on any atom is 0.331 e. The lowest BCUT2D eigenvalue weighted by Crippen LogP contribution is -2.43. The van der Waals surface area contributed by atoms with Gasteiger partial charge in [0.2, 0.25) is 0 Å². The molecule has 3 rings (SSSR count).